The van der Waals surface area contributed by atoms with Gasteiger partial charge in [0.05, 0.1) is 15.6 Å². The van der Waals surface area contributed by atoms with E-state index in [0.717, 1.165) is 25.7 Å². The molecule has 1 heterocycles. The summed E-state index contributed by atoms with van der Waals surface area (Å²) in [5.41, 5.74) is 0.120. The molecule has 0 unspecified atom stereocenters. The van der Waals surface area contributed by atoms with Crippen LogP contribution in [0.1, 0.15) is 37.7 Å². The average Bonchev–Trinajstić information content (AvgIpc) is 2.48. The number of hydrogen-bond acceptors (Lipinski definition) is 4. The number of halogens is 1. The first-order valence-electron chi connectivity index (χ1n) is 7.05. The highest BCUT2D eigenvalue weighted by atomic mass is 79.9. The molecule has 21 heavy (non-hydrogen) atoms. The van der Waals surface area contributed by atoms with Gasteiger partial charge in [0.2, 0.25) is 0 Å². The van der Waals surface area contributed by atoms with Gasteiger partial charge in [-0.1, -0.05) is 19.3 Å². The summed E-state index contributed by atoms with van der Waals surface area (Å²) in [5, 5.41) is 11.1. The van der Waals surface area contributed by atoms with Crippen LogP contribution in [0.4, 0.5) is 5.69 Å². The summed E-state index contributed by atoms with van der Waals surface area (Å²) in [4.78, 5) is 23.1. The van der Waals surface area contributed by atoms with Crippen molar-refractivity contribution in [1.29, 1.82) is 0 Å². The van der Waals surface area contributed by atoms with E-state index < -0.39 is 4.92 Å². The molecule has 0 atom stereocenters. The normalized spacial score (nSPS) is 17.7. The Morgan fingerprint density at radius 2 is 2.05 bits per heavy atom. The van der Waals surface area contributed by atoms with Crippen molar-refractivity contribution < 1.29 is 4.92 Å². The number of nitrogens with zero attached hydrogens (tertiary/aromatic N) is 2. The molecule has 0 bridgehead atoms. The number of thiol groups is 1. The first-order chi connectivity index (χ1) is 9.90. The van der Waals surface area contributed by atoms with E-state index in [0.29, 0.717) is 17.9 Å². The third-order valence-electron chi connectivity index (χ3n) is 4.39. The van der Waals surface area contributed by atoms with Crippen molar-refractivity contribution in [2.45, 2.75) is 45.6 Å². The summed E-state index contributed by atoms with van der Waals surface area (Å²) in [6.45, 7) is 2.08. The van der Waals surface area contributed by atoms with Crippen LogP contribution in [0, 0.1) is 22.5 Å². The van der Waals surface area contributed by atoms with Crippen LogP contribution in [0.5, 0.6) is 0 Å². The fraction of sp³-hybridized carbons (Fsp3) is 0.643. The zero-order valence-electron chi connectivity index (χ0n) is 12.0. The molecule has 0 aromatic carbocycles. The van der Waals surface area contributed by atoms with Gasteiger partial charge in [0, 0.05) is 12.1 Å². The third-order valence-corrected chi connectivity index (χ3v) is 6.00. The third kappa shape index (κ3) is 3.34. The predicted molar refractivity (Wildman–Crippen MR) is 89.2 cm³/mol. The van der Waals surface area contributed by atoms with Crippen molar-refractivity contribution in [1.82, 2.24) is 4.57 Å². The first kappa shape index (κ1) is 16.5. The average molecular weight is 375 g/mol. The highest BCUT2D eigenvalue weighted by molar-refractivity contribution is 9.10. The number of hydrogen-bond donors (Lipinski definition) is 1. The molecule has 116 valence electrons. The van der Waals surface area contributed by atoms with E-state index in [1.807, 2.05) is 0 Å². The van der Waals surface area contributed by atoms with Crippen LogP contribution in [0.3, 0.4) is 0 Å². The highest BCUT2D eigenvalue weighted by Gasteiger charge is 2.32. The molecule has 1 aromatic rings. The molecule has 1 saturated carbocycles. The first-order valence-corrected chi connectivity index (χ1v) is 8.47. The Morgan fingerprint density at radius 1 is 1.43 bits per heavy atom. The predicted octanol–water partition coefficient (Wildman–Crippen LogP) is 3.71. The molecule has 1 aromatic heterocycles. The molecule has 5 nitrogen and oxygen atoms in total. The van der Waals surface area contributed by atoms with Crippen LogP contribution in [0.2, 0.25) is 0 Å². The van der Waals surface area contributed by atoms with Gasteiger partial charge in [0.15, 0.2) is 0 Å². The van der Waals surface area contributed by atoms with Gasteiger partial charge in [-0.05, 0) is 46.9 Å². The number of rotatable bonds is 4. The minimum absolute atomic E-state index is 0.0217. The van der Waals surface area contributed by atoms with Gasteiger partial charge in [-0.15, -0.1) is 0 Å². The lowest BCUT2D eigenvalue weighted by atomic mass is 9.75. The van der Waals surface area contributed by atoms with Gasteiger partial charge in [0.1, 0.15) is 0 Å². The second kappa shape index (κ2) is 6.52. The van der Waals surface area contributed by atoms with E-state index in [1.165, 1.54) is 17.2 Å². The van der Waals surface area contributed by atoms with Crippen LogP contribution in [-0.4, -0.2) is 15.2 Å². The molecule has 0 saturated heterocycles. The molecule has 7 heteroatoms. The molecular formula is C14H19BrN2O3S. The Hall–Kier alpha value is -0.820. The van der Waals surface area contributed by atoms with Gasteiger partial charge >= 0.3 is 0 Å². The Labute approximate surface area is 137 Å². The second-order valence-electron chi connectivity index (χ2n) is 5.86. The van der Waals surface area contributed by atoms with Crippen molar-refractivity contribution in [3.8, 4) is 0 Å². The second-order valence-corrected chi connectivity index (χ2v) is 6.97. The molecule has 0 aliphatic heterocycles. The van der Waals surface area contributed by atoms with Crippen molar-refractivity contribution in [2.24, 2.45) is 5.41 Å². The maximum Gasteiger partial charge on any atom is 0.289 e. The van der Waals surface area contributed by atoms with E-state index in [2.05, 4.69) is 28.6 Å². The lowest BCUT2D eigenvalue weighted by molar-refractivity contribution is -0.386. The van der Waals surface area contributed by atoms with E-state index in [-0.39, 0.29) is 21.1 Å². The van der Waals surface area contributed by atoms with Gasteiger partial charge in [0.25, 0.3) is 11.2 Å². The molecule has 0 radical (unpaired) electrons. The van der Waals surface area contributed by atoms with Gasteiger partial charge in [-0.3, -0.25) is 14.9 Å². The molecule has 1 aliphatic rings. The van der Waals surface area contributed by atoms with E-state index >= 15 is 0 Å². The molecule has 0 spiro atoms. The fourth-order valence-corrected chi connectivity index (χ4v) is 3.88. The molecule has 2 rings (SSSR count). The summed E-state index contributed by atoms with van der Waals surface area (Å²) < 4.78 is 1.76. The van der Waals surface area contributed by atoms with Gasteiger partial charge < -0.3 is 4.57 Å². The monoisotopic (exact) mass is 374 g/mol. The minimum Gasteiger partial charge on any atom is -0.307 e. The summed E-state index contributed by atoms with van der Waals surface area (Å²) in [6, 6.07) is 0. The summed E-state index contributed by atoms with van der Waals surface area (Å²) in [5.74, 6) is 0.693. The van der Waals surface area contributed by atoms with Crippen LogP contribution >= 0.6 is 28.6 Å². The number of nitro groups is 1. The van der Waals surface area contributed by atoms with E-state index in [1.54, 1.807) is 6.92 Å². The summed E-state index contributed by atoms with van der Waals surface area (Å²) in [7, 11) is 0. The Morgan fingerprint density at radius 3 is 2.57 bits per heavy atom. The smallest absolute Gasteiger partial charge is 0.289 e. The molecular weight excluding hydrogens is 356 g/mol. The number of pyridine rings is 1. The maximum atomic E-state index is 12.4. The van der Waals surface area contributed by atoms with Gasteiger partial charge in [-0.2, -0.15) is 12.6 Å². The lowest BCUT2D eigenvalue weighted by Gasteiger charge is -2.36. The Bertz CT molecular complexity index is 609. The Kier molecular flexibility index (Phi) is 5.14. The van der Waals surface area contributed by atoms with Crippen LogP contribution in [-0.2, 0) is 6.54 Å². The van der Waals surface area contributed by atoms with E-state index in [4.69, 9.17) is 0 Å². The maximum absolute atomic E-state index is 12.4. The van der Waals surface area contributed by atoms with Crippen LogP contribution in [0.25, 0.3) is 0 Å². The van der Waals surface area contributed by atoms with Crippen molar-refractivity contribution in [2.75, 3.05) is 5.75 Å². The largest absolute Gasteiger partial charge is 0.307 e. The van der Waals surface area contributed by atoms with Crippen molar-refractivity contribution >= 4 is 34.2 Å². The number of aromatic nitrogens is 1. The molecule has 0 N–H and O–H groups in total. The van der Waals surface area contributed by atoms with Crippen LogP contribution in [0.15, 0.2) is 15.5 Å². The fourth-order valence-electron chi connectivity index (χ4n) is 3.03. The van der Waals surface area contributed by atoms with Crippen LogP contribution < -0.4 is 5.56 Å². The minimum atomic E-state index is -0.440. The van der Waals surface area contributed by atoms with E-state index in [9.17, 15) is 14.9 Å². The van der Waals surface area contributed by atoms with Crippen molar-refractivity contribution in [3.05, 3.63) is 36.7 Å². The molecule has 0 amide bonds. The zero-order chi connectivity index (χ0) is 15.6. The quantitative estimate of drug-likeness (QED) is 0.496. The Balaban J connectivity index is 2.44. The molecule has 1 fully saturated rings. The lowest BCUT2D eigenvalue weighted by Crippen LogP contribution is -2.36. The summed E-state index contributed by atoms with van der Waals surface area (Å²) >= 11 is 7.66. The standard InChI is InChI=1S/C14H19BrN2O3S/c1-10-11(17(19)20)7-16(13(18)12(10)15)8-14(9-21)5-3-2-4-6-14/h7,21H,2-6,8-9H2,1H3. The topological polar surface area (TPSA) is 65.1 Å². The highest BCUT2D eigenvalue weighted by Crippen LogP contribution is 2.39. The van der Waals surface area contributed by atoms with Gasteiger partial charge in [-0.25, -0.2) is 0 Å². The zero-order valence-corrected chi connectivity index (χ0v) is 14.5. The molecule has 1 aliphatic carbocycles. The SMILES string of the molecule is Cc1c([N+](=O)[O-])cn(CC2(CS)CCCCC2)c(=O)c1Br. The van der Waals surface area contributed by atoms with Crippen molar-refractivity contribution in [3.63, 3.8) is 0 Å². The summed E-state index contributed by atoms with van der Waals surface area (Å²) in [6.07, 6.45) is 6.88.